The van der Waals surface area contributed by atoms with Gasteiger partial charge in [0, 0.05) is 12.3 Å². The summed E-state index contributed by atoms with van der Waals surface area (Å²) in [5.74, 6) is -0.118. The number of nitrogens with one attached hydrogen (secondary N) is 1. The summed E-state index contributed by atoms with van der Waals surface area (Å²) in [5.41, 5.74) is 6.69. The fraction of sp³-hybridized carbons (Fsp3) is 0.417. The van der Waals surface area contributed by atoms with E-state index in [-0.39, 0.29) is 5.91 Å². The molecule has 3 N–H and O–H groups in total. The fourth-order valence-corrected chi connectivity index (χ4v) is 1.49. The quantitative estimate of drug-likeness (QED) is 0.608. The van der Waals surface area contributed by atoms with Gasteiger partial charge in [-0.15, -0.1) is 0 Å². The van der Waals surface area contributed by atoms with Crippen LogP contribution in [0.15, 0.2) is 18.2 Å². The maximum Gasteiger partial charge on any atom is 0.226 e. The van der Waals surface area contributed by atoms with Crippen molar-refractivity contribution < 1.29 is 9.53 Å². The fourth-order valence-electron chi connectivity index (χ4n) is 1.26. The number of carbonyl (C=O) groups is 1. The van der Waals surface area contributed by atoms with E-state index in [0.717, 1.165) is 6.42 Å². The number of anilines is 2. The zero-order chi connectivity index (χ0) is 12.7. The van der Waals surface area contributed by atoms with Gasteiger partial charge < -0.3 is 15.8 Å². The Morgan fingerprint density at radius 2 is 2.24 bits per heavy atom. The van der Waals surface area contributed by atoms with E-state index < -0.39 is 0 Å². The van der Waals surface area contributed by atoms with Gasteiger partial charge in [0.15, 0.2) is 0 Å². The van der Waals surface area contributed by atoms with Gasteiger partial charge in [-0.25, -0.2) is 0 Å². The van der Waals surface area contributed by atoms with Crippen molar-refractivity contribution in [3.63, 3.8) is 0 Å². The number of nitrogens with two attached hydrogens (primary N) is 1. The first-order valence-corrected chi connectivity index (χ1v) is 5.94. The lowest BCUT2D eigenvalue weighted by Gasteiger charge is -2.08. The minimum absolute atomic E-state index is 0.118. The average Bonchev–Trinajstić information content (AvgIpc) is 2.28. The van der Waals surface area contributed by atoms with Crippen molar-refractivity contribution in [3.8, 4) is 0 Å². The normalized spacial score (nSPS) is 10.2. The summed E-state index contributed by atoms with van der Waals surface area (Å²) in [6.45, 7) is 3.12. The van der Waals surface area contributed by atoms with E-state index >= 15 is 0 Å². The molecule has 0 fully saturated rings. The molecule has 1 rings (SSSR count). The molecule has 4 nitrogen and oxygen atoms in total. The minimum Gasteiger partial charge on any atom is -0.399 e. The number of benzene rings is 1. The van der Waals surface area contributed by atoms with Gasteiger partial charge in [0.05, 0.1) is 23.7 Å². The van der Waals surface area contributed by atoms with E-state index in [0.29, 0.717) is 36.0 Å². The maximum absolute atomic E-state index is 11.5. The molecule has 0 aromatic heterocycles. The molecular formula is C12H17ClN2O2. The standard InChI is InChI=1S/C12H17ClN2O2/c1-2-6-17-7-5-12(16)15-11-4-3-9(14)8-10(11)13/h3-4,8H,2,5-7,14H2,1H3,(H,15,16). The zero-order valence-electron chi connectivity index (χ0n) is 9.83. The molecule has 0 atom stereocenters. The van der Waals surface area contributed by atoms with Crippen LogP contribution in [-0.2, 0) is 9.53 Å². The van der Waals surface area contributed by atoms with E-state index in [1.807, 2.05) is 6.92 Å². The molecule has 1 aromatic carbocycles. The van der Waals surface area contributed by atoms with Crippen molar-refractivity contribution in [2.24, 2.45) is 0 Å². The highest BCUT2D eigenvalue weighted by Gasteiger charge is 2.05. The van der Waals surface area contributed by atoms with Crippen molar-refractivity contribution in [3.05, 3.63) is 23.2 Å². The zero-order valence-corrected chi connectivity index (χ0v) is 10.6. The molecule has 0 spiro atoms. The highest BCUT2D eigenvalue weighted by molar-refractivity contribution is 6.34. The predicted molar refractivity (Wildman–Crippen MR) is 70.2 cm³/mol. The van der Waals surface area contributed by atoms with Crippen LogP contribution in [0.2, 0.25) is 5.02 Å². The topological polar surface area (TPSA) is 64.3 Å². The molecule has 0 saturated heterocycles. The van der Waals surface area contributed by atoms with Crippen LogP contribution in [0.5, 0.6) is 0 Å². The van der Waals surface area contributed by atoms with E-state index in [9.17, 15) is 4.79 Å². The van der Waals surface area contributed by atoms with Gasteiger partial charge in [0.1, 0.15) is 0 Å². The van der Waals surface area contributed by atoms with Crippen molar-refractivity contribution in [1.29, 1.82) is 0 Å². The Morgan fingerprint density at radius 3 is 2.88 bits per heavy atom. The largest absolute Gasteiger partial charge is 0.399 e. The number of ether oxygens (including phenoxy) is 1. The van der Waals surface area contributed by atoms with E-state index in [1.54, 1.807) is 18.2 Å². The minimum atomic E-state index is -0.118. The molecule has 0 radical (unpaired) electrons. The van der Waals surface area contributed by atoms with Crippen LogP contribution in [0, 0.1) is 0 Å². The average molecular weight is 257 g/mol. The Hall–Kier alpha value is -1.26. The molecule has 0 aliphatic heterocycles. The van der Waals surface area contributed by atoms with E-state index in [4.69, 9.17) is 22.1 Å². The molecule has 0 unspecified atom stereocenters. The predicted octanol–water partition coefficient (Wildman–Crippen LogP) is 2.68. The molecular weight excluding hydrogens is 240 g/mol. The Labute approximate surface area is 106 Å². The Morgan fingerprint density at radius 1 is 1.47 bits per heavy atom. The number of rotatable bonds is 6. The SMILES string of the molecule is CCCOCCC(=O)Nc1ccc(N)cc1Cl. The lowest BCUT2D eigenvalue weighted by Crippen LogP contribution is -2.14. The van der Waals surface area contributed by atoms with Gasteiger partial charge in [-0.1, -0.05) is 18.5 Å². The molecule has 0 saturated carbocycles. The number of carbonyl (C=O) groups excluding carboxylic acids is 1. The van der Waals surface area contributed by atoms with Crippen LogP contribution in [-0.4, -0.2) is 19.1 Å². The third kappa shape index (κ3) is 5.06. The number of hydrogen-bond donors (Lipinski definition) is 2. The molecule has 17 heavy (non-hydrogen) atoms. The molecule has 1 aromatic rings. The Bertz CT molecular complexity index is 383. The summed E-state index contributed by atoms with van der Waals surface area (Å²) in [6.07, 6.45) is 1.27. The van der Waals surface area contributed by atoms with Gasteiger partial charge in [-0.2, -0.15) is 0 Å². The van der Waals surface area contributed by atoms with Crippen LogP contribution in [0.1, 0.15) is 19.8 Å². The third-order valence-corrected chi connectivity index (χ3v) is 2.40. The van der Waals surface area contributed by atoms with Crippen molar-refractivity contribution in [2.75, 3.05) is 24.3 Å². The van der Waals surface area contributed by atoms with Crippen molar-refractivity contribution >= 4 is 28.9 Å². The molecule has 0 heterocycles. The summed E-state index contributed by atoms with van der Waals surface area (Å²) in [5, 5.41) is 3.15. The summed E-state index contributed by atoms with van der Waals surface area (Å²) >= 11 is 5.93. The number of halogens is 1. The Balaban J connectivity index is 2.40. The lowest BCUT2D eigenvalue weighted by atomic mass is 10.2. The smallest absolute Gasteiger partial charge is 0.226 e. The molecule has 0 aliphatic rings. The van der Waals surface area contributed by atoms with Crippen LogP contribution >= 0.6 is 11.6 Å². The van der Waals surface area contributed by atoms with Gasteiger partial charge in [-0.3, -0.25) is 4.79 Å². The summed E-state index contributed by atoms with van der Waals surface area (Å²) in [4.78, 5) is 11.5. The van der Waals surface area contributed by atoms with Crippen LogP contribution < -0.4 is 11.1 Å². The number of hydrogen-bond acceptors (Lipinski definition) is 3. The second kappa shape index (κ2) is 7.14. The van der Waals surface area contributed by atoms with Crippen LogP contribution in [0.3, 0.4) is 0 Å². The lowest BCUT2D eigenvalue weighted by molar-refractivity contribution is -0.117. The van der Waals surface area contributed by atoms with Crippen molar-refractivity contribution in [2.45, 2.75) is 19.8 Å². The van der Waals surface area contributed by atoms with Gasteiger partial charge >= 0.3 is 0 Å². The number of amides is 1. The maximum atomic E-state index is 11.5. The van der Waals surface area contributed by atoms with Gasteiger partial charge in [-0.05, 0) is 24.6 Å². The monoisotopic (exact) mass is 256 g/mol. The highest BCUT2D eigenvalue weighted by Crippen LogP contribution is 2.23. The van der Waals surface area contributed by atoms with E-state index in [2.05, 4.69) is 5.32 Å². The first-order valence-electron chi connectivity index (χ1n) is 5.56. The second-order valence-corrected chi connectivity index (χ2v) is 4.06. The van der Waals surface area contributed by atoms with Gasteiger partial charge in [0.2, 0.25) is 5.91 Å². The summed E-state index contributed by atoms with van der Waals surface area (Å²) < 4.78 is 5.23. The van der Waals surface area contributed by atoms with Gasteiger partial charge in [0.25, 0.3) is 0 Å². The first kappa shape index (κ1) is 13.8. The third-order valence-electron chi connectivity index (χ3n) is 2.09. The van der Waals surface area contributed by atoms with E-state index in [1.165, 1.54) is 0 Å². The summed E-state index contributed by atoms with van der Waals surface area (Å²) in [7, 11) is 0. The van der Waals surface area contributed by atoms with Crippen LogP contribution in [0.4, 0.5) is 11.4 Å². The van der Waals surface area contributed by atoms with Crippen LogP contribution in [0.25, 0.3) is 0 Å². The number of nitrogen functional groups attached to an aromatic ring is 1. The molecule has 94 valence electrons. The molecule has 5 heteroatoms. The molecule has 0 bridgehead atoms. The highest BCUT2D eigenvalue weighted by atomic mass is 35.5. The van der Waals surface area contributed by atoms with Crippen molar-refractivity contribution in [1.82, 2.24) is 0 Å². The second-order valence-electron chi connectivity index (χ2n) is 3.65. The first-order chi connectivity index (χ1) is 8.13. The molecule has 1 amide bonds. The Kier molecular flexibility index (Phi) is 5.80. The molecule has 0 aliphatic carbocycles. The summed E-state index contributed by atoms with van der Waals surface area (Å²) in [6, 6.07) is 4.97.